The maximum absolute atomic E-state index is 13.4. The molecule has 0 aliphatic heterocycles. The van der Waals surface area contributed by atoms with Crippen LogP contribution in [0.5, 0.6) is 11.5 Å². The van der Waals surface area contributed by atoms with Gasteiger partial charge in [0, 0.05) is 17.2 Å². The molecule has 0 saturated carbocycles. The van der Waals surface area contributed by atoms with Crippen LogP contribution >= 0.6 is 11.6 Å². The van der Waals surface area contributed by atoms with Gasteiger partial charge in [0.25, 0.3) is 15.7 Å². The van der Waals surface area contributed by atoms with Gasteiger partial charge in [-0.05, 0) is 42.5 Å². The molecule has 0 heterocycles. The molecule has 150 valence electrons. The molecule has 0 atom stereocenters. The van der Waals surface area contributed by atoms with E-state index in [-0.39, 0.29) is 11.4 Å². The summed E-state index contributed by atoms with van der Waals surface area (Å²) in [6, 6.07) is 11.4. The highest BCUT2D eigenvalue weighted by Crippen LogP contribution is 2.31. The van der Waals surface area contributed by atoms with Crippen molar-refractivity contribution in [1.29, 1.82) is 0 Å². The summed E-state index contributed by atoms with van der Waals surface area (Å²) in [6.07, 6.45) is 0. The van der Waals surface area contributed by atoms with E-state index in [0.717, 1.165) is 18.2 Å². The van der Waals surface area contributed by atoms with Gasteiger partial charge >= 0.3 is 0 Å². The normalized spacial score (nSPS) is 11.1. The Kier molecular flexibility index (Phi) is 5.66. The van der Waals surface area contributed by atoms with Gasteiger partial charge in [-0.15, -0.1) is 0 Å². The van der Waals surface area contributed by atoms with Gasteiger partial charge in [-0.3, -0.25) is 14.8 Å². The average Bonchev–Trinajstić information content (AvgIpc) is 2.65. The minimum Gasteiger partial charge on any atom is -0.457 e. The number of ether oxygens (including phenoxy) is 1. The number of hydrogen-bond acceptors (Lipinski definition) is 5. The first-order valence-electron chi connectivity index (χ1n) is 7.85. The highest BCUT2D eigenvalue weighted by atomic mass is 35.5. The van der Waals surface area contributed by atoms with Crippen LogP contribution in [0.2, 0.25) is 5.02 Å². The molecule has 0 radical (unpaired) electrons. The van der Waals surface area contributed by atoms with Gasteiger partial charge in [0.1, 0.15) is 11.5 Å². The number of non-ortho nitro benzene ring substituents is 1. The zero-order chi connectivity index (χ0) is 21.2. The molecule has 0 spiro atoms. The molecule has 29 heavy (non-hydrogen) atoms. The largest absolute Gasteiger partial charge is 0.457 e. The quantitative estimate of drug-likeness (QED) is 0.423. The zero-order valence-corrected chi connectivity index (χ0v) is 15.9. The average molecular weight is 441 g/mol. The van der Waals surface area contributed by atoms with E-state index in [1.165, 1.54) is 18.2 Å². The predicted molar refractivity (Wildman–Crippen MR) is 102 cm³/mol. The first kappa shape index (κ1) is 20.5. The number of nitrogens with one attached hydrogen (secondary N) is 1. The third-order valence-electron chi connectivity index (χ3n) is 3.61. The second-order valence-electron chi connectivity index (χ2n) is 5.71. The molecule has 1 N–H and O–H groups in total. The van der Waals surface area contributed by atoms with Crippen molar-refractivity contribution in [1.82, 2.24) is 0 Å². The topological polar surface area (TPSA) is 98.5 Å². The fourth-order valence-corrected chi connectivity index (χ4v) is 3.48. The van der Waals surface area contributed by atoms with E-state index in [4.69, 9.17) is 16.3 Å². The third kappa shape index (κ3) is 4.98. The number of nitro groups is 1. The maximum atomic E-state index is 13.4. The van der Waals surface area contributed by atoms with E-state index >= 15 is 0 Å². The van der Waals surface area contributed by atoms with Gasteiger partial charge in [-0.25, -0.2) is 17.2 Å². The van der Waals surface area contributed by atoms with Gasteiger partial charge < -0.3 is 4.74 Å². The van der Waals surface area contributed by atoms with Gasteiger partial charge in [-0.2, -0.15) is 0 Å². The number of rotatable bonds is 6. The second-order valence-corrected chi connectivity index (χ2v) is 7.83. The summed E-state index contributed by atoms with van der Waals surface area (Å²) in [5, 5.41) is 11.6. The SMILES string of the molecule is O=[N+]([O-])c1cc(NS(=O)(=O)c2ccc(F)c(F)c2)cc(Oc2ccc(Cl)cc2)c1. The van der Waals surface area contributed by atoms with Gasteiger partial charge in [0.15, 0.2) is 11.6 Å². The summed E-state index contributed by atoms with van der Waals surface area (Å²) in [4.78, 5) is 9.90. The van der Waals surface area contributed by atoms with Crippen LogP contribution in [0.4, 0.5) is 20.2 Å². The van der Waals surface area contributed by atoms with Crippen molar-refractivity contribution >= 4 is 33.0 Å². The van der Waals surface area contributed by atoms with E-state index in [2.05, 4.69) is 4.72 Å². The Morgan fingerprint density at radius 2 is 1.62 bits per heavy atom. The number of anilines is 1. The van der Waals surface area contributed by atoms with Crippen molar-refractivity contribution in [3.63, 3.8) is 0 Å². The lowest BCUT2D eigenvalue weighted by atomic mass is 10.2. The minimum atomic E-state index is -4.34. The number of nitrogens with zero attached hydrogens (tertiary/aromatic N) is 1. The molecule has 0 saturated heterocycles. The van der Waals surface area contributed by atoms with Crippen LogP contribution in [0, 0.1) is 21.7 Å². The van der Waals surface area contributed by atoms with Crippen LogP contribution in [0.15, 0.2) is 65.6 Å². The number of nitro benzene ring substituents is 1. The van der Waals surface area contributed by atoms with Crippen molar-refractivity contribution in [2.24, 2.45) is 0 Å². The molecule has 0 unspecified atom stereocenters. The Balaban J connectivity index is 1.95. The molecule has 3 aromatic carbocycles. The van der Waals surface area contributed by atoms with Crippen LogP contribution in [-0.2, 0) is 10.0 Å². The molecular formula is C18H11ClF2N2O5S. The van der Waals surface area contributed by atoms with E-state index in [1.54, 1.807) is 12.1 Å². The predicted octanol–water partition coefficient (Wildman–Crippen LogP) is 5.12. The van der Waals surface area contributed by atoms with Gasteiger partial charge in [-0.1, -0.05) is 11.6 Å². The standard InChI is InChI=1S/C18H11ClF2N2O5S/c19-11-1-3-14(4-2-11)28-15-8-12(7-13(9-15)23(24)25)22-29(26,27)16-5-6-17(20)18(21)10-16/h1-10,22H. The summed E-state index contributed by atoms with van der Waals surface area (Å²) in [7, 11) is -4.34. The van der Waals surface area contributed by atoms with Crippen LogP contribution in [0.25, 0.3) is 0 Å². The molecule has 0 amide bonds. The lowest BCUT2D eigenvalue weighted by Gasteiger charge is -2.11. The lowest BCUT2D eigenvalue weighted by Crippen LogP contribution is -2.13. The lowest BCUT2D eigenvalue weighted by molar-refractivity contribution is -0.384. The Bertz CT molecular complexity index is 1190. The number of benzene rings is 3. The molecule has 0 fully saturated rings. The molecule has 0 bridgehead atoms. The van der Waals surface area contributed by atoms with Crippen molar-refractivity contribution in [3.8, 4) is 11.5 Å². The minimum absolute atomic E-state index is 0.0236. The molecule has 0 aliphatic rings. The summed E-state index contributed by atoms with van der Waals surface area (Å²) in [6.45, 7) is 0. The first-order chi connectivity index (χ1) is 13.6. The number of sulfonamides is 1. The molecule has 7 nitrogen and oxygen atoms in total. The molecule has 3 rings (SSSR count). The third-order valence-corrected chi connectivity index (χ3v) is 5.24. The molecule has 0 aromatic heterocycles. The van der Waals surface area contributed by atoms with E-state index in [0.29, 0.717) is 22.9 Å². The Morgan fingerprint density at radius 3 is 2.24 bits per heavy atom. The highest BCUT2D eigenvalue weighted by Gasteiger charge is 2.19. The van der Waals surface area contributed by atoms with E-state index in [1.807, 2.05) is 0 Å². The molecule has 3 aromatic rings. The monoisotopic (exact) mass is 440 g/mol. The number of halogens is 3. The van der Waals surface area contributed by atoms with Crippen LogP contribution in [0.1, 0.15) is 0 Å². The highest BCUT2D eigenvalue weighted by molar-refractivity contribution is 7.92. The molecule has 0 aliphatic carbocycles. The number of hydrogen-bond donors (Lipinski definition) is 1. The van der Waals surface area contributed by atoms with Crippen LogP contribution in [0.3, 0.4) is 0 Å². The fourth-order valence-electron chi connectivity index (χ4n) is 2.30. The van der Waals surface area contributed by atoms with Gasteiger partial charge in [0.2, 0.25) is 0 Å². The zero-order valence-electron chi connectivity index (χ0n) is 14.3. The van der Waals surface area contributed by atoms with Crippen LogP contribution < -0.4 is 9.46 Å². The van der Waals surface area contributed by atoms with Gasteiger partial charge in [0.05, 0.1) is 21.6 Å². The molecule has 11 heteroatoms. The van der Waals surface area contributed by atoms with Crippen molar-refractivity contribution in [3.05, 3.63) is 87.4 Å². The summed E-state index contributed by atoms with van der Waals surface area (Å²) >= 11 is 5.79. The van der Waals surface area contributed by atoms with E-state index in [9.17, 15) is 27.3 Å². The fraction of sp³-hybridized carbons (Fsp3) is 0. The summed E-state index contributed by atoms with van der Waals surface area (Å²) in [5.41, 5.74) is -0.646. The summed E-state index contributed by atoms with van der Waals surface area (Å²) < 4.78 is 58.9. The Labute approximate surface area is 168 Å². The van der Waals surface area contributed by atoms with Crippen molar-refractivity contribution in [2.75, 3.05) is 4.72 Å². The van der Waals surface area contributed by atoms with Crippen molar-refractivity contribution < 1.29 is 26.9 Å². The second kappa shape index (κ2) is 8.02. The Hall–Kier alpha value is -3.24. The smallest absolute Gasteiger partial charge is 0.275 e. The Morgan fingerprint density at radius 1 is 0.931 bits per heavy atom. The maximum Gasteiger partial charge on any atom is 0.275 e. The van der Waals surface area contributed by atoms with Crippen molar-refractivity contribution in [2.45, 2.75) is 4.90 Å². The summed E-state index contributed by atoms with van der Waals surface area (Å²) in [5.74, 6) is -2.27. The molecular weight excluding hydrogens is 430 g/mol. The van der Waals surface area contributed by atoms with E-state index < -0.39 is 37.2 Å². The van der Waals surface area contributed by atoms with Crippen LogP contribution in [-0.4, -0.2) is 13.3 Å². The first-order valence-corrected chi connectivity index (χ1v) is 9.71.